The van der Waals surface area contributed by atoms with Crippen LogP contribution < -0.4 is 5.32 Å². The van der Waals surface area contributed by atoms with E-state index in [4.69, 9.17) is 11.6 Å². The molecule has 1 N–H and O–H groups in total. The van der Waals surface area contributed by atoms with Crippen LogP contribution in [0.2, 0.25) is 5.02 Å². The van der Waals surface area contributed by atoms with Gasteiger partial charge in [-0.2, -0.15) is 0 Å². The highest BCUT2D eigenvalue weighted by atomic mass is 127. The maximum absolute atomic E-state index is 13.0. The molecule has 0 aliphatic rings. The van der Waals surface area contributed by atoms with Crippen molar-refractivity contribution in [3.05, 3.63) is 62.2 Å². The molecule has 0 saturated heterocycles. The Morgan fingerprint density at radius 1 is 1.11 bits per heavy atom. The Labute approximate surface area is 122 Å². The Bertz CT molecular complexity index is 575. The molecule has 5 heteroatoms. The highest BCUT2D eigenvalue weighted by Crippen LogP contribution is 2.21. The zero-order chi connectivity index (χ0) is 13.1. The van der Waals surface area contributed by atoms with Gasteiger partial charge in [0.2, 0.25) is 0 Å². The monoisotopic (exact) mass is 379 g/mol. The molecule has 0 atom stereocenters. The summed E-state index contributed by atoms with van der Waals surface area (Å²) in [6.45, 7) is 0.502. The van der Waals surface area contributed by atoms with Crippen molar-refractivity contribution in [1.82, 2.24) is 0 Å². The number of halogens is 4. The predicted molar refractivity (Wildman–Crippen MR) is 77.9 cm³/mol. The highest BCUT2D eigenvalue weighted by Gasteiger charge is 2.03. The van der Waals surface area contributed by atoms with Crippen LogP contribution in [0.1, 0.15) is 5.56 Å². The fourth-order valence-corrected chi connectivity index (χ4v) is 2.35. The first kappa shape index (κ1) is 13.5. The molecule has 0 aromatic heterocycles. The quantitative estimate of drug-likeness (QED) is 0.753. The molecule has 0 fully saturated rings. The highest BCUT2D eigenvalue weighted by molar-refractivity contribution is 14.1. The van der Waals surface area contributed by atoms with Crippen LogP contribution in [0.5, 0.6) is 0 Å². The summed E-state index contributed by atoms with van der Waals surface area (Å²) in [6, 6.07) is 9.06. The van der Waals surface area contributed by atoms with Gasteiger partial charge in [-0.15, -0.1) is 0 Å². The van der Waals surface area contributed by atoms with Gasteiger partial charge in [0.15, 0.2) is 0 Å². The predicted octanol–water partition coefficient (Wildman–Crippen LogP) is 4.83. The topological polar surface area (TPSA) is 12.0 Å². The van der Waals surface area contributed by atoms with Crippen molar-refractivity contribution in [3.63, 3.8) is 0 Å². The lowest BCUT2D eigenvalue weighted by atomic mass is 10.2. The van der Waals surface area contributed by atoms with Gasteiger partial charge >= 0.3 is 0 Å². The minimum absolute atomic E-state index is 0.100. The number of benzene rings is 2. The van der Waals surface area contributed by atoms with Gasteiger partial charge in [0.25, 0.3) is 0 Å². The molecule has 0 aliphatic carbocycles. The summed E-state index contributed by atoms with van der Waals surface area (Å²) in [5.41, 5.74) is 1.69. The molecule has 2 aromatic rings. The SMILES string of the molecule is Fc1ccc(NCc2ccc(F)c(Cl)c2)c(I)c1. The van der Waals surface area contributed by atoms with Gasteiger partial charge in [0.05, 0.1) is 5.02 Å². The summed E-state index contributed by atoms with van der Waals surface area (Å²) in [4.78, 5) is 0. The number of nitrogens with one attached hydrogen (secondary N) is 1. The molecule has 0 heterocycles. The molecule has 0 unspecified atom stereocenters. The average Bonchev–Trinajstić information content (AvgIpc) is 2.32. The van der Waals surface area contributed by atoms with Crippen molar-refractivity contribution in [3.8, 4) is 0 Å². The van der Waals surface area contributed by atoms with Crippen molar-refractivity contribution in [1.29, 1.82) is 0 Å². The lowest BCUT2D eigenvalue weighted by Crippen LogP contribution is -2.01. The van der Waals surface area contributed by atoms with Crippen LogP contribution in [0.15, 0.2) is 36.4 Å². The van der Waals surface area contributed by atoms with E-state index in [1.54, 1.807) is 18.2 Å². The molecule has 0 aliphatic heterocycles. The Hall–Kier alpha value is -0.880. The Balaban J connectivity index is 2.09. The normalized spacial score (nSPS) is 10.4. The molecule has 0 saturated carbocycles. The van der Waals surface area contributed by atoms with E-state index in [2.05, 4.69) is 27.9 Å². The van der Waals surface area contributed by atoms with Crippen LogP contribution in [-0.4, -0.2) is 0 Å². The average molecular weight is 380 g/mol. The lowest BCUT2D eigenvalue weighted by molar-refractivity contribution is 0.626. The van der Waals surface area contributed by atoms with Crippen LogP contribution >= 0.6 is 34.2 Å². The summed E-state index contributed by atoms with van der Waals surface area (Å²) in [7, 11) is 0. The fourth-order valence-electron chi connectivity index (χ4n) is 1.48. The molecule has 1 nitrogen and oxygen atoms in total. The largest absolute Gasteiger partial charge is 0.380 e. The van der Waals surface area contributed by atoms with Crippen molar-refractivity contribution in [2.45, 2.75) is 6.54 Å². The third-order valence-electron chi connectivity index (χ3n) is 2.40. The standard InChI is InChI=1S/C13H9ClF2IN/c14-10-5-8(1-3-11(10)16)7-18-13-4-2-9(15)6-12(13)17/h1-6,18H,7H2. The van der Waals surface area contributed by atoms with E-state index in [1.165, 1.54) is 18.2 Å². The first-order chi connectivity index (χ1) is 8.56. The summed E-state index contributed by atoms with van der Waals surface area (Å²) < 4.78 is 26.7. The zero-order valence-electron chi connectivity index (χ0n) is 9.18. The lowest BCUT2D eigenvalue weighted by Gasteiger charge is -2.09. The van der Waals surface area contributed by atoms with Gasteiger partial charge in [0, 0.05) is 15.8 Å². The van der Waals surface area contributed by atoms with E-state index in [9.17, 15) is 8.78 Å². The maximum Gasteiger partial charge on any atom is 0.141 e. The van der Waals surface area contributed by atoms with Crippen LogP contribution in [0.4, 0.5) is 14.5 Å². The maximum atomic E-state index is 13.0. The minimum Gasteiger partial charge on any atom is -0.380 e. The molecule has 0 amide bonds. The van der Waals surface area contributed by atoms with E-state index in [1.807, 2.05) is 0 Å². The smallest absolute Gasteiger partial charge is 0.141 e. The number of hydrogen-bond acceptors (Lipinski definition) is 1. The van der Waals surface area contributed by atoms with E-state index in [0.29, 0.717) is 6.54 Å². The third kappa shape index (κ3) is 3.32. The van der Waals surface area contributed by atoms with Gasteiger partial charge < -0.3 is 5.32 Å². The van der Waals surface area contributed by atoms with Gasteiger partial charge in [-0.3, -0.25) is 0 Å². The molecular weight excluding hydrogens is 371 g/mol. The number of rotatable bonds is 3. The molecule has 2 rings (SSSR count). The molecule has 18 heavy (non-hydrogen) atoms. The summed E-state index contributed by atoms with van der Waals surface area (Å²) in [5, 5.41) is 3.25. The first-order valence-electron chi connectivity index (χ1n) is 5.19. The Morgan fingerprint density at radius 2 is 1.89 bits per heavy atom. The second-order valence-electron chi connectivity index (χ2n) is 3.73. The second-order valence-corrected chi connectivity index (χ2v) is 5.30. The fraction of sp³-hybridized carbons (Fsp3) is 0.0769. The van der Waals surface area contributed by atoms with E-state index in [0.717, 1.165) is 14.8 Å². The first-order valence-corrected chi connectivity index (χ1v) is 6.65. The number of hydrogen-bond donors (Lipinski definition) is 1. The van der Waals surface area contributed by atoms with Gasteiger partial charge in [-0.25, -0.2) is 8.78 Å². The van der Waals surface area contributed by atoms with E-state index >= 15 is 0 Å². The summed E-state index contributed by atoms with van der Waals surface area (Å²) in [6.07, 6.45) is 0. The second kappa shape index (κ2) is 5.84. The summed E-state index contributed by atoms with van der Waals surface area (Å²) in [5.74, 6) is -0.702. The van der Waals surface area contributed by atoms with Gasteiger partial charge in [-0.05, 0) is 58.5 Å². The molecule has 2 aromatic carbocycles. The molecule has 94 valence electrons. The number of anilines is 1. The summed E-state index contributed by atoms with van der Waals surface area (Å²) >= 11 is 7.75. The third-order valence-corrected chi connectivity index (χ3v) is 3.58. The van der Waals surface area contributed by atoms with Crippen molar-refractivity contribution < 1.29 is 8.78 Å². The molecule has 0 bridgehead atoms. The Morgan fingerprint density at radius 3 is 2.56 bits per heavy atom. The van der Waals surface area contributed by atoms with Crippen LogP contribution in [0, 0.1) is 15.2 Å². The van der Waals surface area contributed by atoms with Gasteiger partial charge in [0.1, 0.15) is 11.6 Å². The molecule has 0 spiro atoms. The Kier molecular flexibility index (Phi) is 4.40. The molecule has 0 radical (unpaired) electrons. The van der Waals surface area contributed by atoms with Crippen molar-refractivity contribution in [2.75, 3.05) is 5.32 Å². The van der Waals surface area contributed by atoms with Crippen molar-refractivity contribution >= 4 is 39.9 Å². The molecular formula is C13H9ClF2IN. The van der Waals surface area contributed by atoms with Crippen LogP contribution in [0.3, 0.4) is 0 Å². The van der Waals surface area contributed by atoms with E-state index in [-0.39, 0.29) is 10.8 Å². The van der Waals surface area contributed by atoms with Crippen molar-refractivity contribution in [2.24, 2.45) is 0 Å². The minimum atomic E-state index is -0.434. The zero-order valence-corrected chi connectivity index (χ0v) is 12.1. The van der Waals surface area contributed by atoms with Crippen LogP contribution in [0.25, 0.3) is 0 Å². The van der Waals surface area contributed by atoms with Crippen LogP contribution in [-0.2, 0) is 6.54 Å². The van der Waals surface area contributed by atoms with Gasteiger partial charge in [-0.1, -0.05) is 17.7 Å². The van der Waals surface area contributed by atoms with E-state index < -0.39 is 5.82 Å².